The van der Waals surface area contributed by atoms with Gasteiger partial charge >= 0.3 is 0 Å². The summed E-state index contributed by atoms with van der Waals surface area (Å²) in [5.74, 6) is 1.88. The highest BCUT2D eigenvalue weighted by Crippen LogP contribution is 2.25. The van der Waals surface area contributed by atoms with Crippen LogP contribution < -0.4 is 4.74 Å². The van der Waals surface area contributed by atoms with Crippen molar-refractivity contribution in [3.8, 4) is 16.5 Å². The molecule has 0 aliphatic carbocycles. The van der Waals surface area contributed by atoms with Crippen LogP contribution in [-0.4, -0.2) is 10.1 Å². The molecule has 0 bridgehead atoms. The van der Waals surface area contributed by atoms with Crippen molar-refractivity contribution in [1.82, 2.24) is 10.1 Å². The van der Waals surface area contributed by atoms with E-state index in [9.17, 15) is 0 Å². The summed E-state index contributed by atoms with van der Waals surface area (Å²) in [7, 11) is 0. The van der Waals surface area contributed by atoms with Gasteiger partial charge in [-0.05, 0) is 34.6 Å². The Labute approximate surface area is 133 Å². The monoisotopic (exact) mass is 314 g/mol. The van der Waals surface area contributed by atoms with Crippen LogP contribution in [0, 0.1) is 0 Å². The van der Waals surface area contributed by atoms with E-state index in [0.717, 1.165) is 10.6 Å². The van der Waals surface area contributed by atoms with Crippen molar-refractivity contribution in [3.05, 3.63) is 53.2 Å². The molecule has 0 spiro atoms. The minimum atomic E-state index is 0.140. The van der Waals surface area contributed by atoms with Gasteiger partial charge in [-0.1, -0.05) is 44.1 Å². The summed E-state index contributed by atoms with van der Waals surface area (Å²) in [6.45, 7) is 6.83. The molecule has 4 nitrogen and oxygen atoms in total. The lowest BCUT2D eigenvalue weighted by Crippen LogP contribution is -2.10. The Kier molecular flexibility index (Phi) is 3.98. The topological polar surface area (TPSA) is 48.2 Å². The molecule has 0 aliphatic heterocycles. The fourth-order valence-electron chi connectivity index (χ4n) is 2.02. The van der Waals surface area contributed by atoms with Crippen molar-refractivity contribution in [2.45, 2.75) is 32.8 Å². The molecule has 0 unspecified atom stereocenters. The average Bonchev–Trinajstić information content (AvgIpc) is 3.15. The van der Waals surface area contributed by atoms with Crippen LogP contribution >= 0.6 is 11.3 Å². The Morgan fingerprint density at radius 1 is 1.14 bits per heavy atom. The van der Waals surface area contributed by atoms with Gasteiger partial charge in [-0.25, -0.2) is 0 Å². The number of aromatic nitrogens is 2. The fourth-order valence-corrected chi connectivity index (χ4v) is 2.66. The third-order valence-corrected chi connectivity index (χ3v) is 4.16. The van der Waals surface area contributed by atoms with Crippen molar-refractivity contribution in [2.75, 3.05) is 0 Å². The molecule has 2 aromatic heterocycles. The van der Waals surface area contributed by atoms with Gasteiger partial charge in [0, 0.05) is 0 Å². The molecular formula is C17H18N2O2S. The molecule has 0 atom stereocenters. The highest BCUT2D eigenvalue weighted by Gasteiger charge is 2.13. The van der Waals surface area contributed by atoms with Crippen LogP contribution in [0.25, 0.3) is 10.7 Å². The van der Waals surface area contributed by atoms with Crippen LogP contribution in [-0.2, 0) is 12.0 Å². The second kappa shape index (κ2) is 5.93. The number of rotatable bonds is 4. The van der Waals surface area contributed by atoms with Gasteiger partial charge in [-0.3, -0.25) is 0 Å². The quantitative estimate of drug-likeness (QED) is 0.702. The molecule has 5 heteroatoms. The van der Waals surface area contributed by atoms with Crippen LogP contribution in [0.3, 0.4) is 0 Å². The number of nitrogens with zero attached hydrogens (tertiary/aromatic N) is 2. The smallest absolute Gasteiger partial charge is 0.264 e. The van der Waals surface area contributed by atoms with Crippen molar-refractivity contribution < 1.29 is 9.26 Å². The maximum atomic E-state index is 5.70. The summed E-state index contributed by atoms with van der Waals surface area (Å²) in [5.41, 5.74) is 1.42. The van der Waals surface area contributed by atoms with E-state index < -0.39 is 0 Å². The minimum absolute atomic E-state index is 0.140. The van der Waals surface area contributed by atoms with Gasteiger partial charge in [-0.15, -0.1) is 11.3 Å². The van der Waals surface area contributed by atoms with Gasteiger partial charge in [0.05, 0.1) is 4.88 Å². The summed E-state index contributed by atoms with van der Waals surface area (Å²) >= 11 is 1.58. The van der Waals surface area contributed by atoms with E-state index in [4.69, 9.17) is 9.26 Å². The molecule has 3 rings (SSSR count). The van der Waals surface area contributed by atoms with E-state index in [1.54, 1.807) is 11.3 Å². The molecule has 0 aliphatic rings. The molecule has 22 heavy (non-hydrogen) atoms. The van der Waals surface area contributed by atoms with Crippen molar-refractivity contribution >= 4 is 11.3 Å². The van der Waals surface area contributed by atoms with Gasteiger partial charge in [0.2, 0.25) is 5.82 Å². The number of hydrogen-bond donors (Lipinski definition) is 0. The molecule has 114 valence electrons. The molecule has 0 N–H and O–H groups in total. The minimum Gasteiger partial charge on any atom is -0.484 e. The van der Waals surface area contributed by atoms with E-state index in [1.165, 1.54) is 5.56 Å². The van der Waals surface area contributed by atoms with Crippen LogP contribution in [0.4, 0.5) is 0 Å². The number of thiophene rings is 1. The lowest BCUT2D eigenvalue weighted by molar-refractivity contribution is 0.243. The predicted octanol–water partition coefficient (Wildman–Crippen LogP) is 4.67. The molecule has 0 radical (unpaired) electrons. The zero-order valence-corrected chi connectivity index (χ0v) is 13.7. The first kappa shape index (κ1) is 14.8. The second-order valence-electron chi connectivity index (χ2n) is 6.05. The zero-order chi connectivity index (χ0) is 15.6. The van der Waals surface area contributed by atoms with Gasteiger partial charge in [0.1, 0.15) is 5.75 Å². The van der Waals surface area contributed by atoms with Gasteiger partial charge < -0.3 is 9.26 Å². The maximum absolute atomic E-state index is 5.70. The third-order valence-electron chi connectivity index (χ3n) is 3.29. The summed E-state index contributed by atoms with van der Waals surface area (Å²) in [6, 6.07) is 12.0. The van der Waals surface area contributed by atoms with E-state index in [0.29, 0.717) is 11.7 Å². The summed E-state index contributed by atoms with van der Waals surface area (Å²) < 4.78 is 10.9. The van der Waals surface area contributed by atoms with E-state index in [1.807, 2.05) is 29.6 Å². The van der Waals surface area contributed by atoms with E-state index >= 15 is 0 Å². The van der Waals surface area contributed by atoms with Crippen molar-refractivity contribution in [2.24, 2.45) is 0 Å². The standard InChI is InChI=1S/C17H18N2O2S/c1-17(2,3)12-6-8-13(9-7-12)20-11-15-18-16(19-21-15)14-5-4-10-22-14/h4-10H,11H2,1-3H3. The summed E-state index contributed by atoms with van der Waals surface area (Å²) in [5, 5.41) is 5.95. The molecule has 0 saturated heterocycles. The molecule has 0 saturated carbocycles. The maximum Gasteiger partial charge on any atom is 0.264 e. The average molecular weight is 314 g/mol. The normalized spacial score (nSPS) is 11.6. The highest BCUT2D eigenvalue weighted by molar-refractivity contribution is 7.13. The Balaban J connectivity index is 1.63. The lowest BCUT2D eigenvalue weighted by Gasteiger charge is -2.19. The van der Waals surface area contributed by atoms with Gasteiger partial charge in [-0.2, -0.15) is 4.98 Å². The second-order valence-corrected chi connectivity index (χ2v) is 7.00. The first-order chi connectivity index (χ1) is 10.5. The number of hydrogen-bond acceptors (Lipinski definition) is 5. The van der Waals surface area contributed by atoms with Gasteiger partial charge in [0.15, 0.2) is 6.61 Å². The molecule has 2 heterocycles. The van der Waals surface area contributed by atoms with Crippen LogP contribution in [0.1, 0.15) is 32.2 Å². The summed E-state index contributed by atoms with van der Waals surface area (Å²) in [4.78, 5) is 5.32. The SMILES string of the molecule is CC(C)(C)c1ccc(OCc2nc(-c3cccs3)no2)cc1. The highest BCUT2D eigenvalue weighted by atomic mass is 32.1. The van der Waals surface area contributed by atoms with Gasteiger partial charge in [0.25, 0.3) is 5.89 Å². The Bertz CT molecular complexity index is 725. The zero-order valence-electron chi connectivity index (χ0n) is 12.9. The third kappa shape index (κ3) is 3.36. The Morgan fingerprint density at radius 2 is 1.91 bits per heavy atom. The van der Waals surface area contributed by atoms with Crippen LogP contribution in [0.2, 0.25) is 0 Å². The molecule has 0 fully saturated rings. The first-order valence-electron chi connectivity index (χ1n) is 7.12. The fraction of sp³-hybridized carbons (Fsp3) is 0.294. The molecule has 1 aromatic carbocycles. The number of ether oxygens (including phenoxy) is 1. The summed E-state index contributed by atoms with van der Waals surface area (Å²) in [6.07, 6.45) is 0. The molecular weight excluding hydrogens is 296 g/mol. The Morgan fingerprint density at radius 3 is 2.55 bits per heavy atom. The van der Waals surface area contributed by atoms with Crippen LogP contribution in [0.15, 0.2) is 46.3 Å². The lowest BCUT2D eigenvalue weighted by atomic mass is 9.87. The van der Waals surface area contributed by atoms with E-state index in [-0.39, 0.29) is 12.0 Å². The van der Waals surface area contributed by atoms with E-state index in [2.05, 4.69) is 43.0 Å². The Hall–Kier alpha value is -2.14. The molecule has 0 amide bonds. The first-order valence-corrected chi connectivity index (χ1v) is 8.00. The molecule has 3 aromatic rings. The van der Waals surface area contributed by atoms with Crippen molar-refractivity contribution in [3.63, 3.8) is 0 Å². The predicted molar refractivity (Wildman–Crippen MR) is 87.1 cm³/mol. The largest absolute Gasteiger partial charge is 0.484 e. The van der Waals surface area contributed by atoms with Crippen molar-refractivity contribution in [1.29, 1.82) is 0 Å². The van der Waals surface area contributed by atoms with Crippen LogP contribution in [0.5, 0.6) is 5.75 Å². The number of benzene rings is 1.